The summed E-state index contributed by atoms with van der Waals surface area (Å²) in [5.74, 6) is -3.46. The lowest BCUT2D eigenvalue weighted by Gasteiger charge is -2.22. The molecule has 17 heavy (non-hydrogen) atoms. The lowest BCUT2D eigenvalue weighted by molar-refractivity contribution is -0.148. The van der Waals surface area contributed by atoms with E-state index in [4.69, 9.17) is 14.9 Å². The summed E-state index contributed by atoms with van der Waals surface area (Å²) in [6.45, 7) is 0.854. The molecule has 1 aliphatic heterocycles. The number of hydrogen-bond donors (Lipinski definition) is 3. The smallest absolute Gasteiger partial charge is 0.326 e. The number of nitrogens with one attached hydrogen (secondary N) is 1. The number of carbonyl (C=O) groups excluding carboxylic acids is 1. The molecule has 0 saturated carbocycles. The summed E-state index contributed by atoms with van der Waals surface area (Å²) in [4.78, 5) is 32.8. The highest BCUT2D eigenvalue weighted by Crippen LogP contribution is 2.13. The van der Waals surface area contributed by atoms with Crippen molar-refractivity contribution in [3.63, 3.8) is 0 Å². The number of carboxylic acid groups (broad SMARTS) is 2. The van der Waals surface area contributed by atoms with Gasteiger partial charge in [0.25, 0.3) is 0 Å². The van der Waals surface area contributed by atoms with Crippen LogP contribution in [0.15, 0.2) is 0 Å². The van der Waals surface area contributed by atoms with Crippen LogP contribution in [0.4, 0.5) is 0 Å². The highest BCUT2D eigenvalue weighted by atomic mass is 16.5. The van der Waals surface area contributed by atoms with Gasteiger partial charge in [-0.1, -0.05) is 0 Å². The molecule has 0 aromatic rings. The number of carboxylic acids is 2. The van der Waals surface area contributed by atoms with E-state index in [1.807, 2.05) is 0 Å². The van der Waals surface area contributed by atoms with E-state index in [1.165, 1.54) is 0 Å². The predicted octanol–water partition coefficient (Wildman–Crippen LogP) is -0.543. The first kappa shape index (κ1) is 13.4. The molecule has 1 aliphatic rings. The van der Waals surface area contributed by atoms with Gasteiger partial charge in [0.1, 0.15) is 6.04 Å². The van der Waals surface area contributed by atoms with E-state index in [1.54, 1.807) is 0 Å². The maximum Gasteiger partial charge on any atom is 0.326 e. The molecule has 0 aliphatic carbocycles. The summed E-state index contributed by atoms with van der Waals surface area (Å²) in [6, 6.07) is -1.39. The molecule has 0 radical (unpaired) electrons. The number of ether oxygens (including phenoxy) is 1. The van der Waals surface area contributed by atoms with Gasteiger partial charge in [-0.25, -0.2) is 4.79 Å². The second-order valence-electron chi connectivity index (χ2n) is 3.91. The van der Waals surface area contributed by atoms with Crippen LogP contribution in [-0.2, 0) is 19.1 Å². The Morgan fingerprint density at radius 2 is 2.06 bits per heavy atom. The maximum atomic E-state index is 11.6. The van der Waals surface area contributed by atoms with Crippen LogP contribution < -0.4 is 5.32 Å². The number of aliphatic carboxylic acids is 2. The summed E-state index contributed by atoms with van der Waals surface area (Å²) in [7, 11) is 0. The van der Waals surface area contributed by atoms with Gasteiger partial charge in [0.15, 0.2) is 0 Å². The monoisotopic (exact) mass is 245 g/mol. The van der Waals surface area contributed by atoms with Crippen molar-refractivity contribution in [2.24, 2.45) is 5.92 Å². The van der Waals surface area contributed by atoms with Crippen molar-refractivity contribution in [1.29, 1.82) is 0 Å². The van der Waals surface area contributed by atoms with Crippen LogP contribution in [0.2, 0.25) is 0 Å². The molecule has 7 heteroatoms. The molecule has 7 nitrogen and oxygen atoms in total. The van der Waals surface area contributed by atoms with Gasteiger partial charge in [-0.3, -0.25) is 9.59 Å². The van der Waals surface area contributed by atoms with E-state index in [0.29, 0.717) is 13.0 Å². The van der Waals surface area contributed by atoms with Gasteiger partial charge in [-0.2, -0.15) is 0 Å². The number of carbonyl (C=O) groups is 3. The minimum Gasteiger partial charge on any atom is -0.481 e. The van der Waals surface area contributed by atoms with Crippen LogP contribution in [0.3, 0.4) is 0 Å². The van der Waals surface area contributed by atoms with Crippen molar-refractivity contribution in [2.75, 3.05) is 13.2 Å². The topological polar surface area (TPSA) is 113 Å². The van der Waals surface area contributed by atoms with Crippen molar-refractivity contribution in [2.45, 2.75) is 25.3 Å². The fraction of sp³-hybridized carbons (Fsp3) is 0.700. The van der Waals surface area contributed by atoms with E-state index in [0.717, 1.165) is 6.42 Å². The van der Waals surface area contributed by atoms with Gasteiger partial charge in [0, 0.05) is 6.61 Å². The Morgan fingerprint density at radius 1 is 1.35 bits per heavy atom. The molecule has 1 heterocycles. The minimum atomic E-state index is -1.39. The summed E-state index contributed by atoms with van der Waals surface area (Å²) >= 11 is 0. The Bertz CT molecular complexity index is 310. The molecule has 0 spiro atoms. The van der Waals surface area contributed by atoms with Gasteiger partial charge in [-0.15, -0.1) is 0 Å². The van der Waals surface area contributed by atoms with Crippen LogP contribution in [-0.4, -0.2) is 47.3 Å². The molecule has 96 valence electrons. The molecule has 0 aromatic heterocycles. The first-order valence-electron chi connectivity index (χ1n) is 5.33. The third-order valence-corrected chi connectivity index (χ3v) is 2.52. The van der Waals surface area contributed by atoms with Crippen molar-refractivity contribution in [3.8, 4) is 0 Å². The van der Waals surface area contributed by atoms with Crippen LogP contribution >= 0.6 is 0 Å². The third-order valence-electron chi connectivity index (χ3n) is 2.52. The van der Waals surface area contributed by atoms with Crippen LogP contribution in [0.1, 0.15) is 19.3 Å². The van der Waals surface area contributed by atoms with E-state index in [2.05, 4.69) is 5.32 Å². The molecule has 1 fully saturated rings. The summed E-state index contributed by atoms with van der Waals surface area (Å²) in [5, 5.41) is 19.5. The van der Waals surface area contributed by atoms with Crippen molar-refractivity contribution < 1.29 is 29.3 Å². The SMILES string of the molecule is O=C(O)C[C@@H](NC(=O)C1CCCOC1)C(=O)O. The molecule has 1 amide bonds. The second kappa shape index (κ2) is 6.19. The van der Waals surface area contributed by atoms with E-state index in [9.17, 15) is 14.4 Å². The molecular weight excluding hydrogens is 230 g/mol. The van der Waals surface area contributed by atoms with Crippen LogP contribution in [0.5, 0.6) is 0 Å². The summed E-state index contributed by atoms with van der Waals surface area (Å²) in [5.41, 5.74) is 0. The zero-order valence-corrected chi connectivity index (χ0v) is 9.22. The molecule has 2 atom stereocenters. The molecule has 1 saturated heterocycles. The van der Waals surface area contributed by atoms with Gasteiger partial charge >= 0.3 is 11.9 Å². The molecular formula is C10H15NO6. The zero-order chi connectivity index (χ0) is 12.8. The fourth-order valence-corrected chi connectivity index (χ4v) is 1.61. The number of rotatable bonds is 5. The van der Waals surface area contributed by atoms with E-state index in [-0.39, 0.29) is 12.5 Å². The lowest BCUT2D eigenvalue weighted by Crippen LogP contribution is -2.46. The second-order valence-corrected chi connectivity index (χ2v) is 3.91. The maximum absolute atomic E-state index is 11.6. The first-order valence-corrected chi connectivity index (χ1v) is 5.33. The molecule has 3 N–H and O–H groups in total. The van der Waals surface area contributed by atoms with E-state index < -0.39 is 30.3 Å². The highest BCUT2D eigenvalue weighted by Gasteiger charge is 2.28. The molecule has 1 rings (SSSR count). The van der Waals surface area contributed by atoms with Gasteiger partial charge in [0.2, 0.25) is 5.91 Å². The average molecular weight is 245 g/mol. The predicted molar refractivity (Wildman–Crippen MR) is 55.4 cm³/mol. The Morgan fingerprint density at radius 3 is 2.53 bits per heavy atom. The number of hydrogen-bond acceptors (Lipinski definition) is 4. The highest BCUT2D eigenvalue weighted by molar-refractivity contribution is 5.87. The first-order chi connectivity index (χ1) is 8.00. The van der Waals surface area contributed by atoms with Gasteiger partial charge in [-0.05, 0) is 12.8 Å². The van der Waals surface area contributed by atoms with Gasteiger partial charge < -0.3 is 20.3 Å². The third kappa shape index (κ3) is 4.39. The summed E-state index contributed by atoms with van der Waals surface area (Å²) < 4.78 is 5.10. The lowest BCUT2D eigenvalue weighted by atomic mass is 10.0. The van der Waals surface area contributed by atoms with Crippen molar-refractivity contribution >= 4 is 17.8 Å². The molecule has 0 bridgehead atoms. The Balaban J connectivity index is 2.50. The van der Waals surface area contributed by atoms with Crippen molar-refractivity contribution in [3.05, 3.63) is 0 Å². The Hall–Kier alpha value is -1.63. The van der Waals surface area contributed by atoms with E-state index >= 15 is 0 Å². The Kier molecular flexibility index (Phi) is 4.89. The number of amides is 1. The van der Waals surface area contributed by atoms with Crippen molar-refractivity contribution in [1.82, 2.24) is 5.32 Å². The molecule has 1 unspecified atom stereocenters. The largest absolute Gasteiger partial charge is 0.481 e. The fourth-order valence-electron chi connectivity index (χ4n) is 1.61. The minimum absolute atomic E-state index is 0.255. The zero-order valence-electron chi connectivity index (χ0n) is 9.22. The van der Waals surface area contributed by atoms with Crippen LogP contribution in [0, 0.1) is 5.92 Å². The normalized spacial score (nSPS) is 21.5. The Labute approximate surface area is 97.8 Å². The average Bonchev–Trinajstić information content (AvgIpc) is 2.28. The molecule has 0 aromatic carbocycles. The van der Waals surface area contributed by atoms with Gasteiger partial charge in [0.05, 0.1) is 18.9 Å². The summed E-state index contributed by atoms with van der Waals surface area (Å²) in [6.07, 6.45) is 0.745. The van der Waals surface area contributed by atoms with Crippen LogP contribution in [0.25, 0.3) is 0 Å². The standard InChI is InChI=1S/C10H15NO6/c12-8(13)4-7(10(15)16)11-9(14)6-2-1-3-17-5-6/h6-7H,1-5H2,(H,11,14)(H,12,13)(H,15,16)/t6?,7-/m1/s1. The quantitative estimate of drug-likeness (QED) is 0.599.